The van der Waals surface area contributed by atoms with Crippen molar-refractivity contribution < 1.29 is 10.2 Å². The zero-order chi connectivity index (χ0) is 18.3. The number of para-hydroxylation sites is 2. The number of aromatic nitrogens is 3. The van der Waals surface area contributed by atoms with Gasteiger partial charge in [-0.25, -0.2) is 9.97 Å². The molecule has 2 atom stereocenters. The fourth-order valence-corrected chi connectivity index (χ4v) is 3.80. The third-order valence-electron chi connectivity index (χ3n) is 5.37. The number of imidazole rings is 1. The van der Waals surface area contributed by atoms with Crippen molar-refractivity contribution in [1.82, 2.24) is 15.0 Å². The van der Waals surface area contributed by atoms with Gasteiger partial charge in [-0.15, -0.1) is 0 Å². The monoisotopic (exact) mass is 372 g/mol. The Kier molecular flexibility index (Phi) is 4.34. The van der Waals surface area contributed by atoms with Gasteiger partial charge in [-0.3, -0.25) is 0 Å². The van der Waals surface area contributed by atoms with Crippen LogP contribution >= 0.6 is 11.6 Å². The highest BCUT2D eigenvalue weighted by Crippen LogP contribution is 2.38. The van der Waals surface area contributed by atoms with Crippen LogP contribution in [0.2, 0.25) is 5.02 Å². The molecule has 7 heteroatoms. The van der Waals surface area contributed by atoms with Crippen LogP contribution < -0.4 is 4.90 Å². The highest BCUT2D eigenvalue weighted by molar-refractivity contribution is 6.33. The Morgan fingerprint density at radius 3 is 2.85 bits per heavy atom. The van der Waals surface area contributed by atoms with Gasteiger partial charge in [-0.1, -0.05) is 30.7 Å². The number of hydrogen-bond donors (Lipinski definition) is 3. The Bertz CT molecular complexity index is 911. The van der Waals surface area contributed by atoms with E-state index < -0.39 is 0 Å². The Morgan fingerprint density at radius 2 is 2.15 bits per heavy atom. The smallest absolute Gasteiger partial charge is 0.140 e. The second-order valence-corrected chi connectivity index (χ2v) is 7.60. The fraction of sp³-hybridized carbons (Fsp3) is 0.368. The van der Waals surface area contributed by atoms with Gasteiger partial charge in [-0.05, 0) is 18.2 Å². The number of benzene rings is 1. The number of pyridine rings is 1. The summed E-state index contributed by atoms with van der Waals surface area (Å²) in [4.78, 5) is 14.5. The molecule has 1 aliphatic rings. The standard InChI is InChI=1S/C19H21ClN4O2/c1-19(11-26)10-24(8-12(19)9-25)17-6-13(14(20)7-21-17)18-22-15-4-2-3-5-16(15)23-18/h2-7,12,25-26H,8-11H2,1H3,(H,22,23). The van der Waals surface area contributed by atoms with Crippen LogP contribution in [0.1, 0.15) is 6.92 Å². The van der Waals surface area contributed by atoms with Gasteiger partial charge in [0.25, 0.3) is 0 Å². The number of nitrogens with one attached hydrogen (secondary N) is 1. The average molecular weight is 373 g/mol. The summed E-state index contributed by atoms with van der Waals surface area (Å²) in [5.41, 5.74) is 2.26. The van der Waals surface area contributed by atoms with Crippen molar-refractivity contribution in [3.05, 3.63) is 41.6 Å². The van der Waals surface area contributed by atoms with Gasteiger partial charge < -0.3 is 20.1 Å². The van der Waals surface area contributed by atoms with E-state index in [4.69, 9.17) is 11.6 Å². The van der Waals surface area contributed by atoms with Crippen molar-refractivity contribution in [2.45, 2.75) is 6.92 Å². The van der Waals surface area contributed by atoms with Crippen molar-refractivity contribution >= 4 is 28.5 Å². The third kappa shape index (κ3) is 2.84. The first-order valence-electron chi connectivity index (χ1n) is 8.61. The second-order valence-electron chi connectivity index (χ2n) is 7.20. The van der Waals surface area contributed by atoms with E-state index in [0.29, 0.717) is 23.9 Å². The molecule has 3 heterocycles. The minimum absolute atomic E-state index is 0.000344. The largest absolute Gasteiger partial charge is 0.396 e. The first kappa shape index (κ1) is 17.3. The molecule has 4 rings (SSSR count). The van der Waals surface area contributed by atoms with Crippen molar-refractivity contribution in [3.8, 4) is 11.4 Å². The van der Waals surface area contributed by atoms with Gasteiger partial charge >= 0.3 is 0 Å². The molecular weight excluding hydrogens is 352 g/mol. The molecule has 2 unspecified atom stereocenters. The lowest BCUT2D eigenvalue weighted by atomic mass is 9.81. The van der Waals surface area contributed by atoms with Crippen molar-refractivity contribution in [2.75, 3.05) is 31.2 Å². The molecule has 2 aromatic heterocycles. The number of rotatable bonds is 4. The molecule has 1 fully saturated rings. The Labute approximate surface area is 156 Å². The lowest BCUT2D eigenvalue weighted by Gasteiger charge is -2.26. The van der Waals surface area contributed by atoms with E-state index in [9.17, 15) is 10.2 Å². The van der Waals surface area contributed by atoms with Crippen molar-refractivity contribution in [2.24, 2.45) is 11.3 Å². The van der Waals surface area contributed by atoms with E-state index in [0.717, 1.165) is 22.4 Å². The van der Waals surface area contributed by atoms with Gasteiger partial charge in [-0.2, -0.15) is 0 Å². The Morgan fingerprint density at radius 1 is 1.35 bits per heavy atom. The third-order valence-corrected chi connectivity index (χ3v) is 5.67. The van der Waals surface area contributed by atoms with Gasteiger partial charge in [0.2, 0.25) is 0 Å². The molecule has 3 aromatic rings. The molecule has 1 saturated heterocycles. The summed E-state index contributed by atoms with van der Waals surface area (Å²) < 4.78 is 0. The summed E-state index contributed by atoms with van der Waals surface area (Å²) in [6.45, 7) is 3.32. The zero-order valence-electron chi connectivity index (χ0n) is 14.5. The lowest BCUT2D eigenvalue weighted by molar-refractivity contribution is 0.0798. The van der Waals surface area contributed by atoms with Gasteiger partial charge in [0.15, 0.2) is 0 Å². The number of aliphatic hydroxyl groups is 2. The lowest BCUT2D eigenvalue weighted by Crippen LogP contribution is -2.32. The van der Waals surface area contributed by atoms with Crippen LogP contribution in [0, 0.1) is 11.3 Å². The molecule has 0 bridgehead atoms. The summed E-state index contributed by atoms with van der Waals surface area (Å²) in [5, 5.41) is 19.9. The number of halogens is 1. The van der Waals surface area contributed by atoms with Crippen molar-refractivity contribution in [1.29, 1.82) is 0 Å². The molecule has 26 heavy (non-hydrogen) atoms. The molecule has 136 valence electrons. The number of hydrogen-bond acceptors (Lipinski definition) is 5. The normalized spacial score (nSPS) is 23.1. The maximum atomic E-state index is 9.75. The predicted molar refractivity (Wildman–Crippen MR) is 102 cm³/mol. The highest BCUT2D eigenvalue weighted by atomic mass is 35.5. The summed E-state index contributed by atoms with van der Waals surface area (Å²) in [6.07, 6.45) is 1.63. The molecule has 0 radical (unpaired) electrons. The second kappa shape index (κ2) is 6.54. The minimum Gasteiger partial charge on any atom is -0.396 e. The van der Waals surface area contributed by atoms with Crippen LogP contribution in [0.3, 0.4) is 0 Å². The Balaban J connectivity index is 1.71. The average Bonchev–Trinajstić information content (AvgIpc) is 3.23. The number of H-pyrrole nitrogens is 1. The maximum Gasteiger partial charge on any atom is 0.140 e. The first-order valence-corrected chi connectivity index (χ1v) is 8.99. The number of anilines is 1. The predicted octanol–water partition coefficient (Wildman–Crippen LogP) is 2.71. The molecule has 0 amide bonds. The molecule has 3 N–H and O–H groups in total. The Hall–Kier alpha value is -2.15. The van der Waals surface area contributed by atoms with Gasteiger partial charge in [0.05, 0.1) is 22.7 Å². The summed E-state index contributed by atoms with van der Waals surface area (Å²) in [7, 11) is 0. The van der Waals surface area contributed by atoms with E-state index in [1.165, 1.54) is 0 Å². The molecular formula is C19H21ClN4O2. The quantitative estimate of drug-likeness (QED) is 0.655. The minimum atomic E-state index is -0.352. The molecule has 0 aliphatic carbocycles. The van der Waals surface area contributed by atoms with E-state index in [1.54, 1.807) is 6.20 Å². The van der Waals surface area contributed by atoms with Crippen LogP contribution in [-0.4, -0.2) is 51.5 Å². The molecule has 0 saturated carbocycles. The molecule has 0 spiro atoms. The molecule has 1 aliphatic heterocycles. The molecule has 6 nitrogen and oxygen atoms in total. The van der Waals surface area contributed by atoms with Crippen LogP contribution in [0.4, 0.5) is 5.82 Å². The van der Waals surface area contributed by atoms with Crippen LogP contribution in [0.25, 0.3) is 22.4 Å². The zero-order valence-corrected chi connectivity index (χ0v) is 15.2. The summed E-state index contributed by atoms with van der Waals surface area (Å²) in [5.74, 6) is 1.46. The number of aromatic amines is 1. The first-order chi connectivity index (χ1) is 12.5. The van der Waals surface area contributed by atoms with Crippen LogP contribution in [0.5, 0.6) is 0 Å². The van der Waals surface area contributed by atoms with E-state index >= 15 is 0 Å². The van der Waals surface area contributed by atoms with Crippen molar-refractivity contribution in [3.63, 3.8) is 0 Å². The topological polar surface area (TPSA) is 85.3 Å². The SMILES string of the molecule is CC1(CO)CN(c2cc(-c3nc4ccccc4[nH]3)c(Cl)cn2)CC1CO. The highest BCUT2D eigenvalue weighted by Gasteiger charge is 2.42. The van der Waals surface area contributed by atoms with E-state index in [-0.39, 0.29) is 24.5 Å². The number of fused-ring (bicyclic) bond motifs is 1. The van der Waals surface area contributed by atoms with E-state index in [2.05, 4.69) is 19.9 Å². The number of aliphatic hydroxyl groups excluding tert-OH is 2. The maximum absolute atomic E-state index is 9.75. The van der Waals surface area contributed by atoms with Gasteiger partial charge in [0, 0.05) is 42.8 Å². The summed E-state index contributed by atoms with van der Waals surface area (Å²) >= 11 is 6.38. The summed E-state index contributed by atoms with van der Waals surface area (Å²) in [6, 6.07) is 9.74. The fourth-order valence-electron chi connectivity index (χ4n) is 3.61. The van der Waals surface area contributed by atoms with Crippen LogP contribution in [-0.2, 0) is 0 Å². The molecule has 1 aromatic carbocycles. The number of nitrogens with zero attached hydrogens (tertiary/aromatic N) is 3. The van der Waals surface area contributed by atoms with E-state index in [1.807, 2.05) is 37.3 Å². The van der Waals surface area contributed by atoms with Gasteiger partial charge in [0.1, 0.15) is 11.6 Å². The van der Waals surface area contributed by atoms with Crippen LogP contribution in [0.15, 0.2) is 36.5 Å².